The lowest BCUT2D eigenvalue weighted by atomic mass is 10.2. The van der Waals surface area contributed by atoms with E-state index in [1.165, 1.54) is 0 Å². The maximum Gasteiger partial charge on any atom is 0.319 e. The minimum Gasteiger partial charge on any atom is -0.497 e. The quantitative estimate of drug-likeness (QED) is 0.667. The van der Waals surface area contributed by atoms with Crippen LogP contribution in [-0.4, -0.2) is 30.4 Å². The maximum atomic E-state index is 11.9. The number of amides is 2. The first-order valence-electron chi connectivity index (χ1n) is 7.94. The molecular formula is C18H17ClN4O4. The molecule has 3 rings (SSSR count). The molecule has 0 unspecified atom stereocenters. The minimum absolute atomic E-state index is 0.0743. The standard InChI is InChI=1S/C18H17ClN4O4/c1-25-13-7-8-14(15(9-13)26-2)17-22-16(27-23-17)10-20-18(24)21-12-5-3-11(19)4-6-12/h3-9H,10H2,1-2H3,(H2,20,21,24). The van der Waals surface area contributed by atoms with Gasteiger partial charge in [0.2, 0.25) is 11.7 Å². The number of aromatic nitrogens is 2. The molecule has 2 amide bonds. The Morgan fingerprint density at radius 2 is 1.93 bits per heavy atom. The van der Waals surface area contributed by atoms with Crippen LogP contribution in [0, 0.1) is 0 Å². The van der Waals surface area contributed by atoms with Crippen LogP contribution in [0.2, 0.25) is 5.02 Å². The molecular weight excluding hydrogens is 372 g/mol. The van der Waals surface area contributed by atoms with E-state index in [1.54, 1.807) is 56.7 Å². The molecule has 0 saturated heterocycles. The number of benzene rings is 2. The molecule has 2 N–H and O–H groups in total. The zero-order chi connectivity index (χ0) is 19.2. The van der Waals surface area contributed by atoms with E-state index in [0.717, 1.165) is 0 Å². The number of urea groups is 1. The largest absolute Gasteiger partial charge is 0.497 e. The Hall–Kier alpha value is -3.26. The molecule has 0 aliphatic carbocycles. The van der Waals surface area contributed by atoms with Crippen LogP contribution in [0.1, 0.15) is 5.89 Å². The summed E-state index contributed by atoms with van der Waals surface area (Å²) in [7, 11) is 3.11. The SMILES string of the molecule is COc1ccc(-c2noc(CNC(=O)Nc3ccc(Cl)cc3)n2)c(OC)c1. The number of hydrogen-bond donors (Lipinski definition) is 2. The summed E-state index contributed by atoms with van der Waals surface area (Å²) >= 11 is 5.81. The highest BCUT2D eigenvalue weighted by Crippen LogP contribution is 2.31. The predicted octanol–water partition coefficient (Wildman–Crippen LogP) is 3.73. The van der Waals surface area contributed by atoms with Gasteiger partial charge in [-0.3, -0.25) is 0 Å². The van der Waals surface area contributed by atoms with Crippen LogP contribution in [0.5, 0.6) is 11.5 Å². The molecule has 0 saturated carbocycles. The zero-order valence-electron chi connectivity index (χ0n) is 14.7. The van der Waals surface area contributed by atoms with E-state index in [-0.39, 0.29) is 12.4 Å². The van der Waals surface area contributed by atoms with Gasteiger partial charge in [0.1, 0.15) is 11.5 Å². The second-order valence-electron chi connectivity index (χ2n) is 5.39. The van der Waals surface area contributed by atoms with Gasteiger partial charge in [0.05, 0.1) is 26.3 Å². The highest BCUT2D eigenvalue weighted by atomic mass is 35.5. The molecule has 2 aromatic carbocycles. The van der Waals surface area contributed by atoms with Crippen molar-refractivity contribution in [3.63, 3.8) is 0 Å². The highest BCUT2D eigenvalue weighted by molar-refractivity contribution is 6.30. The van der Waals surface area contributed by atoms with E-state index in [4.69, 9.17) is 25.6 Å². The third kappa shape index (κ3) is 4.68. The Labute approximate surface area is 160 Å². The van der Waals surface area contributed by atoms with Gasteiger partial charge in [-0.25, -0.2) is 4.79 Å². The van der Waals surface area contributed by atoms with Crippen molar-refractivity contribution in [3.8, 4) is 22.9 Å². The van der Waals surface area contributed by atoms with Gasteiger partial charge in [-0.2, -0.15) is 4.98 Å². The molecule has 0 fully saturated rings. The normalized spacial score (nSPS) is 10.3. The van der Waals surface area contributed by atoms with E-state index in [2.05, 4.69) is 20.8 Å². The third-order valence-corrected chi connectivity index (χ3v) is 3.87. The van der Waals surface area contributed by atoms with Crippen LogP contribution < -0.4 is 20.1 Å². The molecule has 0 spiro atoms. The summed E-state index contributed by atoms with van der Waals surface area (Å²) in [6, 6.07) is 11.6. The first-order valence-corrected chi connectivity index (χ1v) is 8.32. The number of nitrogens with one attached hydrogen (secondary N) is 2. The Morgan fingerprint density at radius 3 is 2.63 bits per heavy atom. The van der Waals surface area contributed by atoms with E-state index in [1.807, 2.05) is 0 Å². The topological polar surface area (TPSA) is 98.5 Å². The number of carbonyl (C=O) groups is 1. The fraction of sp³-hybridized carbons (Fsp3) is 0.167. The van der Waals surface area contributed by atoms with Crippen LogP contribution >= 0.6 is 11.6 Å². The molecule has 27 heavy (non-hydrogen) atoms. The van der Waals surface area contributed by atoms with Crippen LogP contribution in [0.25, 0.3) is 11.4 Å². The van der Waals surface area contributed by atoms with Crippen molar-refractivity contribution in [3.05, 3.63) is 53.4 Å². The second-order valence-corrected chi connectivity index (χ2v) is 5.83. The van der Waals surface area contributed by atoms with Crippen LogP contribution in [-0.2, 0) is 6.54 Å². The van der Waals surface area contributed by atoms with Gasteiger partial charge in [0, 0.05) is 16.8 Å². The Kier molecular flexibility index (Phi) is 5.77. The van der Waals surface area contributed by atoms with Crippen molar-refractivity contribution in [1.29, 1.82) is 0 Å². The molecule has 1 heterocycles. The Morgan fingerprint density at radius 1 is 1.15 bits per heavy atom. The van der Waals surface area contributed by atoms with E-state index < -0.39 is 6.03 Å². The van der Waals surface area contributed by atoms with Crippen LogP contribution in [0.15, 0.2) is 47.0 Å². The summed E-state index contributed by atoms with van der Waals surface area (Å²) in [4.78, 5) is 16.2. The van der Waals surface area contributed by atoms with Crippen molar-refractivity contribution in [2.45, 2.75) is 6.54 Å². The fourth-order valence-electron chi connectivity index (χ4n) is 2.28. The van der Waals surface area contributed by atoms with Crippen molar-refractivity contribution in [2.75, 3.05) is 19.5 Å². The summed E-state index contributed by atoms with van der Waals surface area (Å²) in [5.74, 6) is 1.81. The van der Waals surface area contributed by atoms with Gasteiger partial charge in [0.15, 0.2) is 0 Å². The second kappa shape index (κ2) is 8.41. The minimum atomic E-state index is -0.404. The average Bonchev–Trinajstić information content (AvgIpc) is 3.16. The van der Waals surface area contributed by atoms with Gasteiger partial charge in [-0.1, -0.05) is 16.8 Å². The third-order valence-electron chi connectivity index (χ3n) is 3.62. The lowest BCUT2D eigenvalue weighted by Crippen LogP contribution is -2.28. The van der Waals surface area contributed by atoms with Gasteiger partial charge in [-0.15, -0.1) is 0 Å². The number of rotatable bonds is 6. The molecule has 0 aliphatic heterocycles. The Bertz CT molecular complexity index is 927. The fourth-order valence-corrected chi connectivity index (χ4v) is 2.41. The van der Waals surface area contributed by atoms with Crippen molar-refractivity contribution in [1.82, 2.24) is 15.5 Å². The molecule has 0 radical (unpaired) electrons. The molecule has 9 heteroatoms. The number of halogens is 1. The molecule has 3 aromatic rings. The van der Waals surface area contributed by atoms with E-state index in [0.29, 0.717) is 33.6 Å². The Balaban J connectivity index is 1.62. The number of methoxy groups -OCH3 is 2. The van der Waals surface area contributed by atoms with Gasteiger partial charge in [-0.05, 0) is 36.4 Å². The van der Waals surface area contributed by atoms with Crippen LogP contribution in [0.3, 0.4) is 0 Å². The number of hydrogen-bond acceptors (Lipinski definition) is 6. The van der Waals surface area contributed by atoms with E-state index in [9.17, 15) is 4.79 Å². The van der Waals surface area contributed by atoms with Gasteiger partial charge in [0.25, 0.3) is 0 Å². The van der Waals surface area contributed by atoms with Gasteiger partial charge < -0.3 is 24.6 Å². The summed E-state index contributed by atoms with van der Waals surface area (Å²) in [6.07, 6.45) is 0. The molecule has 0 bridgehead atoms. The molecule has 0 atom stereocenters. The number of ether oxygens (including phenoxy) is 2. The predicted molar refractivity (Wildman–Crippen MR) is 100 cm³/mol. The van der Waals surface area contributed by atoms with Crippen molar-refractivity contribution in [2.24, 2.45) is 0 Å². The molecule has 8 nitrogen and oxygen atoms in total. The van der Waals surface area contributed by atoms with Crippen molar-refractivity contribution < 1.29 is 18.8 Å². The molecule has 140 valence electrons. The molecule has 0 aliphatic rings. The number of nitrogens with zero attached hydrogens (tertiary/aromatic N) is 2. The smallest absolute Gasteiger partial charge is 0.319 e. The number of carbonyl (C=O) groups excluding carboxylic acids is 1. The monoisotopic (exact) mass is 388 g/mol. The summed E-state index contributed by atoms with van der Waals surface area (Å²) < 4.78 is 15.7. The zero-order valence-corrected chi connectivity index (χ0v) is 15.4. The summed E-state index contributed by atoms with van der Waals surface area (Å²) in [6.45, 7) is 0.0743. The first-order chi connectivity index (χ1) is 13.1. The maximum absolute atomic E-state index is 11.9. The van der Waals surface area contributed by atoms with Crippen molar-refractivity contribution >= 4 is 23.3 Å². The number of anilines is 1. The summed E-state index contributed by atoms with van der Waals surface area (Å²) in [5, 5.41) is 9.84. The van der Waals surface area contributed by atoms with Crippen LogP contribution in [0.4, 0.5) is 10.5 Å². The van der Waals surface area contributed by atoms with E-state index >= 15 is 0 Å². The lowest BCUT2D eigenvalue weighted by Gasteiger charge is -2.07. The summed E-state index contributed by atoms with van der Waals surface area (Å²) in [5.41, 5.74) is 1.27. The highest BCUT2D eigenvalue weighted by Gasteiger charge is 2.15. The lowest BCUT2D eigenvalue weighted by molar-refractivity contribution is 0.249. The van der Waals surface area contributed by atoms with Gasteiger partial charge >= 0.3 is 6.03 Å². The average molecular weight is 389 g/mol. The molecule has 1 aromatic heterocycles. The first kappa shape index (κ1) is 18.5.